The van der Waals surface area contributed by atoms with E-state index in [1.54, 1.807) is 14.2 Å². The summed E-state index contributed by atoms with van der Waals surface area (Å²) in [4.78, 5) is 14.0. The number of fused-ring (bicyclic) bond motifs is 2. The fourth-order valence-electron chi connectivity index (χ4n) is 4.72. The smallest absolute Gasteiger partial charge is 0.306 e. The molecule has 0 bridgehead atoms. The molecule has 0 amide bonds. The minimum atomic E-state index is -0.653. The van der Waals surface area contributed by atoms with Crippen LogP contribution in [-0.2, 0) is 16.8 Å². The third-order valence-corrected chi connectivity index (χ3v) is 6.02. The minimum absolute atomic E-state index is 0.0604. The van der Waals surface area contributed by atoms with Crippen molar-refractivity contribution in [2.24, 2.45) is 5.92 Å². The topological polar surface area (TPSA) is 59.0 Å². The average molecular weight is 347 g/mol. The highest BCUT2D eigenvalue weighted by Gasteiger charge is 2.46. The van der Waals surface area contributed by atoms with Crippen LogP contribution in [0.1, 0.15) is 50.2 Å². The van der Waals surface area contributed by atoms with Crippen LogP contribution in [0, 0.1) is 5.92 Å². The van der Waals surface area contributed by atoms with Crippen molar-refractivity contribution in [1.82, 2.24) is 4.90 Å². The van der Waals surface area contributed by atoms with E-state index in [1.165, 1.54) is 11.1 Å². The summed E-state index contributed by atoms with van der Waals surface area (Å²) < 4.78 is 11.0. The van der Waals surface area contributed by atoms with Crippen LogP contribution in [0.5, 0.6) is 11.5 Å². The Morgan fingerprint density at radius 3 is 2.44 bits per heavy atom. The molecule has 3 rings (SSSR count). The molecule has 25 heavy (non-hydrogen) atoms. The number of ether oxygens (including phenoxy) is 2. The molecule has 0 saturated heterocycles. The number of hydrogen-bond acceptors (Lipinski definition) is 4. The van der Waals surface area contributed by atoms with E-state index in [2.05, 4.69) is 24.0 Å². The zero-order valence-corrected chi connectivity index (χ0v) is 15.5. The van der Waals surface area contributed by atoms with Crippen molar-refractivity contribution in [2.75, 3.05) is 27.3 Å². The van der Waals surface area contributed by atoms with E-state index in [-0.39, 0.29) is 11.5 Å². The van der Waals surface area contributed by atoms with Crippen LogP contribution in [-0.4, -0.2) is 43.3 Å². The van der Waals surface area contributed by atoms with E-state index >= 15 is 0 Å². The highest BCUT2D eigenvalue weighted by atomic mass is 16.5. The van der Waals surface area contributed by atoms with E-state index in [4.69, 9.17) is 9.47 Å². The third kappa shape index (κ3) is 3.10. The molecule has 1 N–H and O–H groups in total. The van der Waals surface area contributed by atoms with Gasteiger partial charge in [-0.25, -0.2) is 0 Å². The maximum atomic E-state index is 11.4. The molecule has 1 spiro atoms. The average Bonchev–Trinajstić information content (AvgIpc) is 2.63. The summed E-state index contributed by atoms with van der Waals surface area (Å²) in [5.41, 5.74) is 2.57. The zero-order valence-electron chi connectivity index (χ0n) is 15.5. The normalized spacial score (nSPS) is 26.3. The molecular formula is C20H29NO4. The van der Waals surface area contributed by atoms with Gasteiger partial charge in [-0.15, -0.1) is 0 Å². The number of methoxy groups -OCH3 is 2. The van der Waals surface area contributed by atoms with Crippen molar-refractivity contribution in [3.8, 4) is 11.5 Å². The van der Waals surface area contributed by atoms with Crippen LogP contribution in [0.2, 0.25) is 0 Å². The van der Waals surface area contributed by atoms with E-state index in [0.29, 0.717) is 0 Å². The quantitative estimate of drug-likeness (QED) is 0.884. The molecule has 1 fully saturated rings. The van der Waals surface area contributed by atoms with Gasteiger partial charge in [0.2, 0.25) is 0 Å². The van der Waals surface area contributed by atoms with Gasteiger partial charge in [-0.05, 0) is 68.3 Å². The number of benzene rings is 1. The third-order valence-electron chi connectivity index (χ3n) is 6.02. The SMILES string of the molecule is CCCN1CCc2cc(OC)c(OC)cc2C12CCC(C(=O)O)CC2. The van der Waals surface area contributed by atoms with Gasteiger partial charge in [-0.3, -0.25) is 9.69 Å². The summed E-state index contributed by atoms with van der Waals surface area (Å²) in [7, 11) is 3.34. The van der Waals surface area contributed by atoms with Crippen LogP contribution in [0.4, 0.5) is 0 Å². The maximum absolute atomic E-state index is 11.4. The molecule has 0 unspecified atom stereocenters. The molecule has 1 aliphatic carbocycles. The maximum Gasteiger partial charge on any atom is 0.306 e. The van der Waals surface area contributed by atoms with Gasteiger partial charge in [-0.1, -0.05) is 6.92 Å². The summed E-state index contributed by atoms with van der Waals surface area (Å²) in [5, 5.41) is 9.39. The molecule has 0 aromatic heterocycles. The Morgan fingerprint density at radius 1 is 1.24 bits per heavy atom. The molecule has 1 aliphatic heterocycles. The van der Waals surface area contributed by atoms with Gasteiger partial charge in [0.15, 0.2) is 11.5 Å². The molecule has 5 heteroatoms. The molecule has 138 valence electrons. The number of rotatable bonds is 5. The predicted molar refractivity (Wildman–Crippen MR) is 96.4 cm³/mol. The Hall–Kier alpha value is -1.75. The van der Waals surface area contributed by atoms with Crippen molar-refractivity contribution in [3.05, 3.63) is 23.3 Å². The summed E-state index contributed by atoms with van der Waals surface area (Å²) in [6, 6.07) is 4.25. The van der Waals surface area contributed by atoms with E-state index in [0.717, 1.165) is 63.1 Å². The molecule has 0 radical (unpaired) electrons. The van der Waals surface area contributed by atoms with Gasteiger partial charge in [0.05, 0.1) is 20.1 Å². The monoisotopic (exact) mass is 347 g/mol. The Bertz CT molecular complexity index is 635. The molecule has 1 heterocycles. The fraction of sp³-hybridized carbons (Fsp3) is 0.650. The van der Waals surface area contributed by atoms with Crippen molar-refractivity contribution < 1.29 is 19.4 Å². The van der Waals surface area contributed by atoms with Crippen molar-refractivity contribution in [1.29, 1.82) is 0 Å². The van der Waals surface area contributed by atoms with E-state index in [1.807, 2.05) is 0 Å². The molecule has 1 aromatic carbocycles. The minimum Gasteiger partial charge on any atom is -0.493 e. The van der Waals surface area contributed by atoms with Crippen LogP contribution < -0.4 is 9.47 Å². The molecule has 0 atom stereocenters. The van der Waals surface area contributed by atoms with Gasteiger partial charge < -0.3 is 14.6 Å². The Morgan fingerprint density at radius 2 is 1.88 bits per heavy atom. The van der Waals surface area contributed by atoms with Crippen LogP contribution in [0.15, 0.2) is 12.1 Å². The standard InChI is InChI=1S/C20H29NO4/c1-4-10-21-11-7-15-12-17(24-2)18(25-3)13-16(15)20(21)8-5-14(6-9-20)19(22)23/h12-14H,4-11H2,1-3H3,(H,22,23). The summed E-state index contributed by atoms with van der Waals surface area (Å²) >= 11 is 0. The largest absolute Gasteiger partial charge is 0.493 e. The molecule has 1 saturated carbocycles. The van der Waals surface area contributed by atoms with Crippen molar-refractivity contribution >= 4 is 5.97 Å². The number of aliphatic carboxylic acids is 1. The van der Waals surface area contributed by atoms with Crippen LogP contribution in [0.25, 0.3) is 0 Å². The van der Waals surface area contributed by atoms with Gasteiger partial charge in [0, 0.05) is 12.1 Å². The number of carboxylic acid groups (broad SMARTS) is 1. The number of carbonyl (C=O) groups is 1. The van der Waals surface area contributed by atoms with Gasteiger partial charge >= 0.3 is 5.97 Å². The van der Waals surface area contributed by atoms with Gasteiger partial charge in [-0.2, -0.15) is 0 Å². The lowest BCUT2D eigenvalue weighted by Crippen LogP contribution is -2.53. The summed E-state index contributed by atoms with van der Waals surface area (Å²) in [6.45, 7) is 4.28. The molecule has 1 aromatic rings. The van der Waals surface area contributed by atoms with Crippen LogP contribution in [0.3, 0.4) is 0 Å². The first-order valence-corrected chi connectivity index (χ1v) is 9.29. The number of hydrogen-bond donors (Lipinski definition) is 1. The first-order valence-electron chi connectivity index (χ1n) is 9.29. The Kier molecular flexibility index (Phi) is 5.23. The number of nitrogens with zero attached hydrogens (tertiary/aromatic N) is 1. The first-order chi connectivity index (χ1) is 12.1. The number of carboxylic acids is 1. The molecular weight excluding hydrogens is 318 g/mol. The lowest BCUT2D eigenvalue weighted by molar-refractivity contribution is -0.144. The van der Waals surface area contributed by atoms with Gasteiger partial charge in [0.25, 0.3) is 0 Å². The second kappa shape index (κ2) is 7.24. The zero-order chi connectivity index (χ0) is 18.0. The van der Waals surface area contributed by atoms with Gasteiger partial charge in [0.1, 0.15) is 0 Å². The van der Waals surface area contributed by atoms with Crippen molar-refractivity contribution in [3.63, 3.8) is 0 Å². The molecule has 5 nitrogen and oxygen atoms in total. The van der Waals surface area contributed by atoms with E-state index < -0.39 is 5.97 Å². The fourth-order valence-corrected chi connectivity index (χ4v) is 4.72. The summed E-state index contributed by atoms with van der Waals surface area (Å²) in [6.07, 6.45) is 5.37. The first kappa shape index (κ1) is 18.1. The predicted octanol–water partition coefficient (Wildman–Crippen LogP) is 3.44. The van der Waals surface area contributed by atoms with Crippen LogP contribution >= 0.6 is 0 Å². The second-order valence-electron chi connectivity index (χ2n) is 7.25. The highest BCUT2D eigenvalue weighted by Crippen LogP contribution is 2.50. The molecule has 2 aliphatic rings. The second-order valence-corrected chi connectivity index (χ2v) is 7.25. The Labute approximate surface area is 149 Å². The highest BCUT2D eigenvalue weighted by molar-refractivity contribution is 5.70. The van der Waals surface area contributed by atoms with E-state index in [9.17, 15) is 9.90 Å². The summed E-state index contributed by atoms with van der Waals surface area (Å²) in [5.74, 6) is 0.679. The van der Waals surface area contributed by atoms with Crippen molar-refractivity contribution in [2.45, 2.75) is 51.0 Å². The lowest BCUT2D eigenvalue weighted by Gasteiger charge is -2.51. The Balaban J connectivity index is 2.03. The lowest BCUT2D eigenvalue weighted by atomic mass is 9.68.